The topological polar surface area (TPSA) is 76.4 Å². The Labute approximate surface area is 106 Å². The highest BCUT2D eigenvalue weighted by Gasteiger charge is 2.37. The average molecular weight is 253 g/mol. The van der Waals surface area contributed by atoms with Crippen molar-refractivity contribution in [1.82, 2.24) is 9.78 Å². The van der Waals surface area contributed by atoms with Crippen molar-refractivity contribution in [3.8, 4) is 0 Å². The van der Waals surface area contributed by atoms with Gasteiger partial charge >= 0.3 is 5.97 Å². The van der Waals surface area contributed by atoms with E-state index in [0.717, 1.165) is 19.3 Å². The van der Waals surface area contributed by atoms with Crippen molar-refractivity contribution in [2.24, 2.45) is 7.05 Å². The highest BCUT2D eigenvalue weighted by atomic mass is 16.5. The van der Waals surface area contributed by atoms with Crippen LogP contribution in [0.3, 0.4) is 0 Å². The second-order valence-electron chi connectivity index (χ2n) is 4.83. The number of hydrogen-bond donors (Lipinski definition) is 2. The van der Waals surface area contributed by atoms with Gasteiger partial charge < -0.3 is 15.2 Å². The maximum atomic E-state index is 11.2. The van der Waals surface area contributed by atoms with Crippen LogP contribution in [0.4, 0.5) is 5.82 Å². The number of ether oxygens (including phenoxy) is 1. The first-order valence-electron chi connectivity index (χ1n) is 6.05. The zero-order chi connectivity index (χ0) is 13.3. The van der Waals surface area contributed by atoms with E-state index in [1.807, 2.05) is 0 Å². The van der Waals surface area contributed by atoms with Crippen molar-refractivity contribution in [2.45, 2.75) is 31.8 Å². The van der Waals surface area contributed by atoms with E-state index >= 15 is 0 Å². The number of nitrogens with one attached hydrogen (secondary N) is 1. The molecule has 1 heterocycles. The molecule has 6 nitrogen and oxygen atoms in total. The first-order chi connectivity index (χ1) is 8.49. The molecule has 1 fully saturated rings. The molecule has 0 aliphatic heterocycles. The molecular weight excluding hydrogens is 234 g/mol. The predicted molar refractivity (Wildman–Crippen MR) is 67.0 cm³/mol. The fraction of sp³-hybridized carbons (Fsp3) is 0.667. The SMILES string of the molecule is COC1(CNc2c(C(=O)O)c(C)nn2C)CCC1. The summed E-state index contributed by atoms with van der Waals surface area (Å²) in [6.07, 6.45) is 3.18. The van der Waals surface area contributed by atoms with E-state index in [-0.39, 0.29) is 11.2 Å². The molecule has 0 radical (unpaired) electrons. The molecule has 0 spiro atoms. The van der Waals surface area contributed by atoms with Crippen LogP contribution in [0, 0.1) is 6.92 Å². The molecule has 0 aromatic carbocycles. The normalized spacial score (nSPS) is 17.3. The predicted octanol–water partition coefficient (Wildman–Crippen LogP) is 1.41. The number of aromatic carboxylic acids is 1. The third kappa shape index (κ3) is 2.08. The molecule has 0 unspecified atom stereocenters. The Morgan fingerprint density at radius 2 is 2.28 bits per heavy atom. The second kappa shape index (κ2) is 4.61. The highest BCUT2D eigenvalue weighted by Crippen LogP contribution is 2.35. The fourth-order valence-electron chi connectivity index (χ4n) is 2.39. The second-order valence-corrected chi connectivity index (χ2v) is 4.83. The van der Waals surface area contributed by atoms with Crippen LogP contribution in [-0.2, 0) is 11.8 Å². The van der Waals surface area contributed by atoms with E-state index in [2.05, 4.69) is 10.4 Å². The van der Waals surface area contributed by atoms with Crippen molar-refractivity contribution in [3.63, 3.8) is 0 Å². The molecule has 100 valence electrons. The third-order valence-electron chi connectivity index (χ3n) is 3.71. The summed E-state index contributed by atoms with van der Waals surface area (Å²) in [5, 5.41) is 16.5. The molecule has 1 aliphatic rings. The number of nitrogens with zero attached hydrogens (tertiary/aromatic N) is 2. The number of carboxylic acid groups (broad SMARTS) is 1. The van der Waals surface area contributed by atoms with Gasteiger partial charge in [-0.25, -0.2) is 4.79 Å². The number of anilines is 1. The van der Waals surface area contributed by atoms with Gasteiger partial charge in [0.05, 0.1) is 11.3 Å². The molecule has 1 aromatic rings. The van der Waals surface area contributed by atoms with E-state index in [0.29, 0.717) is 18.1 Å². The van der Waals surface area contributed by atoms with Crippen molar-refractivity contribution in [1.29, 1.82) is 0 Å². The Hall–Kier alpha value is -1.56. The van der Waals surface area contributed by atoms with Crippen LogP contribution in [0.5, 0.6) is 0 Å². The van der Waals surface area contributed by atoms with Crippen molar-refractivity contribution >= 4 is 11.8 Å². The summed E-state index contributed by atoms with van der Waals surface area (Å²) in [5.41, 5.74) is 0.615. The number of methoxy groups -OCH3 is 1. The van der Waals surface area contributed by atoms with Crippen LogP contribution in [0.2, 0.25) is 0 Å². The maximum absolute atomic E-state index is 11.2. The average Bonchev–Trinajstić information content (AvgIpc) is 2.52. The Morgan fingerprint density at radius 1 is 1.61 bits per heavy atom. The standard InChI is InChI=1S/C12H19N3O3/c1-8-9(11(16)17)10(15(2)14-8)13-7-12(18-3)5-4-6-12/h13H,4-7H2,1-3H3,(H,16,17). The molecule has 18 heavy (non-hydrogen) atoms. The number of carboxylic acids is 1. The number of carbonyl (C=O) groups is 1. The lowest BCUT2D eigenvalue weighted by Gasteiger charge is -2.40. The van der Waals surface area contributed by atoms with Gasteiger partial charge in [0.25, 0.3) is 0 Å². The third-order valence-corrected chi connectivity index (χ3v) is 3.71. The number of hydrogen-bond acceptors (Lipinski definition) is 4. The van der Waals surface area contributed by atoms with Gasteiger partial charge in [0.1, 0.15) is 11.4 Å². The van der Waals surface area contributed by atoms with Gasteiger partial charge in [-0.15, -0.1) is 0 Å². The molecule has 0 atom stereocenters. The molecule has 0 bridgehead atoms. The van der Waals surface area contributed by atoms with Gasteiger partial charge in [-0.05, 0) is 26.2 Å². The molecule has 6 heteroatoms. The van der Waals surface area contributed by atoms with E-state index < -0.39 is 5.97 Å². The molecule has 2 N–H and O–H groups in total. The lowest BCUT2D eigenvalue weighted by atomic mass is 9.80. The Morgan fingerprint density at radius 3 is 2.72 bits per heavy atom. The van der Waals surface area contributed by atoms with Crippen LogP contribution < -0.4 is 5.32 Å². The van der Waals surface area contributed by atoms with Gasteiger partial charge in [0.2, 0.25) is 0 Å². The minimum absolute atomic E-state index is 0.145. The van der Waals surface area contributed by atoms with Gasteiger partial charge in [-0.2, -0.15) is 5.10 Å². The Kier molecular flexibility index (Phi) is 3.30. The maximum Gasteiger partial charge on any atom is 0.341 e. The molecule has 1 aromatic heterocycles. The fourth-order valence-corrected chi connectivity index (χ4v) is 2.39. The summed E-state index contributed by atoms with van der Waals surface area (Å²) in [7, 11) is 3.44. The smallest absolute Gasteiger partial charge is 0.341 e. The van der Waals surface area contributed by atoms with Gasteiger partial charge in [0, 0.05) is 20.7 Å². The molecule has 2 rings (SSSR count). The van der Waals surface area contributed by atoms with Crippen molar-refractivity contribution in [2.75, 3.05) is 19.0 Å². The van der Waals surface area contributed by atoms with Crippen molar-refractivity contribution in [3.05, 3.63) is 11.3 Å². The Balaban J connectivity index is 2.16. The van der Waals surface area contributed by atoms with E-state index in [9.17, 15) is 9.90 Å². The number of aryl methyl sites for hydroxylation is 2. The van der Waals surface area contributed by atoms with Crippen LogP contribution in [-0.4, -0.2) is 40.1 Å². The zero-order valence-electron chi connectivity index (χ0n) is 11.0. The summed E-state index contributed by atoms with van der Waals surface area (Å²) in [5.74, 6) is -0.411. The molecule has 0 amide bonds. The molecule has 1 aliphatic carbocycles. The minimum Gasteiger partial charge on any atom is -0.477 e. The molecule has 1 saturated carbocycles. The Bertz CT molecular complexity index is 458. The van der Waals surface area contributed by atoms with Crippen LogP contribution in [0.1, 0.15) is 35.3 Å². The number of aromatic nitrogens is 2. The number of rotatable bonds is 5. The van der Waals surface area contributed by atoms with Crippen LogP contribution in [0.25, 0.3) is 0 Å². The highest BCUT2D eigenvalue weighted by molar-refractivity contribution is 5.94. The lowest BCUT2D eigenvalue weighted by molar-refractivity contribution is -0.0602. The summed E-state index contributed by atoms with van der Waals surface area (Å²) in [6.45, 7) is 2.31. The molecule has 0 saturated heterocycles. The van der Waals surface area contributed by atoms with Crippen LogP contribution in [0.15, 0.2) is 0 Å². The summed E-state index contributed by atoms with van der Waals surface area (Å²) in [6, 6.07) is 0. The van der Waals surface area contributed by atoms with E-state index in [4.69, 9.17) is 4.74 Å². The zero-order valence-corrected chi connectivity index (χ0v) is 11.0. The van der Waals surface area contributed by atoms with E-state index in [1.54, 1.807) is 25.8 Å². The van der Waals surface area contributed by atoms with Crippen LogP contribution >= 0.6 is 0 Å². The summed E-state index contributed by atoms with van der Waals surface area (Å²) < 4.78 is 7.07. The summed E-state index contributed by atoms with van der Waals surface area (Å²) in [4.78, 5) is 11.2. The van der Waals surface area contributed by atoms with Gasteiger partial charge in [-0.3, -0.25) is 4.68 Å². The largest absolute Gasteiger partial charge is 0.477 e. The molecular formula is C12H19N3O3. The van der Waals surface area contributed by atoms with Gasteiger partial charge in [-0.1, -0.05) is 0 Å². The first kappa shape index (κ1) is 12.9. The van der Waals surface area contributed by atoms with Crippen molar-refractivity contribution < 1.29 is 14.6 Å². The first-order valence-corrected chi connectivity index (χ1v) is 6.05. The monoisotopic (exact) mass is 253 g/mol. The summed E-state index contributed by atoms with van der Waals surface area (Å²) >= 11 is 0. The minimum atomic E-state index is -0.955. The van der Waals surface area contributed by atoms with Gasteiger partial charge in [0.15, 0.2) is 0 Å². The quantitative estimate of drug-likeness (QED) is 0.829. The lowest BCUT2D eigenvalue weighted by Crippen LogP contribution is -2.45. The van der Waals surface area contributed by atoms with E-state index in [1.165, 1.54) is 0 Å².